The van der Waals surface area contributed by atoms with Crippen molar-refractivity contribution in [2.75, 3.05) is 31.6 Å². The summed E-state index contributed by atoms with van der Waals surface area (Å²) in [7, 11) is 1.76. The maximum Gasteiger partial charge on any atom is 0.407 e. The highest BCUT2D eigenvalue weighted by atomic mass is 16.5. The zero-order valence-electron chi connectivity index (χ0n) is 10.4. The summed E-state index contributed by atoms with van der Waals surface area (Å²) in [5.41, 5.74) is 0.302. The Hall–Kier alpha value is -2.36. The van der Waals surface area contributed by atoms with Gasteiger partial charge < -0.3 is 15.0 Å². The lowest BCUT2D eigenvalue weighted by atomic mass is 10.4. The number of rotatable bonds is 5. The molecule has 0 atom stereocenters. The van der Waals surface area contributed by atoms with Crippen LogP contribution in [0.5, 0.6) is 0 Å². The lowest BCUT2D eigenvalue weighted by molar-refractivity contribution is 0.149. The predicted octanol–water partition coefficient (Wildman–Crippen LogP) is 0.531. The van der Waals surface area contributed by atoms with Crippen molar-refractivity contribution < 1.29 is 9.53 Å². The molecule has 0 fully saturated rings. The lowest BCUT2D eigenvalue weighted by Gasteiger charge is -2.16. The normalized spacial score (nSPS) is 9.39. The summed E-state index contributed by atoms with van der Waals surface area (Å²) < 4.78 is 4.92. The number of nitriles is 1. The summed E-state index contributed by atoms with van der Waals surface area (Å²) in [5.74, 6) is 0.425. The number of aromatic nitrogens is 2. The predicted molar refractivity (Wildman–Crippen MR) is 65.0 cm³/mol. The quantitative estimate of drug-likeness (QED) is 0.818. The second-order valence-electron chi connectivity index (χ2n) is 3.44. The average molecular weight is 249 g/mol. The number of hydrogen-bond acceptors (Lipinski definition) is 6. The molecule has 0 saturated carbocycles. The van der Waals surface area contributed by atoms with Gasteiger partial charge in [-0.05, 0) is 13.0 Å². The van der Waals surface area contributed by atoms with Crippen LogP contribution in [0, 0.1) is 11.3 Å². The molecule has 1 N–H and O–H groups in total. The van der Waals surface area contributed by atoms with Gasteiger partial charge in [0.2, 0.25) is 5.95 Å². The van der Waals surface area contributed by atoms with Gasteiger partial charge >= 0.3 is 6.09 Å². The second kappa shape index (κ2) is 7.06. The molecular formula is C11H15N5O2. The minimum absolute atomic E-state index is 0.225. The van der Waals surface area contributed by atoms with E-state index >= 15 is 0 Å². The van der Waals surface area contributed by atoms with Crippen molar-refractivity contribution in [2.24, 2.45) is 0 Å². The van der Waals surface area contributed by atoms with Crippen molar-refractivity contribution in [3.63, 3.8) is 0 Å². The number of hydrogen-bond donors (Lipinski definition) is 1. The number of nitrogens with zero attached hydrogens (tertiary/aromatic N) is 4. The Kier molecular flexibility index (Phi) is 5.38. The summed E-state index contributed by atoms with van der Waals surface area (Å²) >= 11 is 0. The molecule has 0 aliphatic heterocycles. The molecule has 1 heterocycles. The smallest absolute Gasteiger partial charge is 0.407 e. The number of nitrogens with one attached hydrogen (secondary N) is 1. The van der Waals surface area contributed by atoms with E-state index in [0.717, 1.165) is 0 Å². The van der Waals surface area contributed by atoms with Gasteiger partial charge in [0.05, 0.1) is 6.54 Å². The third-order valence-corrected chi connectivity index (χ3v) is 2.08. The van der Waals surface area contributed by atoms with Crippen LogP contribution in [0.15, 0.2) is 12.3 Å². The fourth-order valence-corrected chi connectivity index (χ4v) is 1.17. The van der Waals surface area contributed by atoms with Crippen LogP contribution in [0.1, 0.15) is 12.6 Å². The van der Waals surface area contributed by atoms with Crippen LogP contribution in [-0.4, -0.2) is 42.8 Å². The van der Waals surface area contributed by atoms with E-state index in [1.807, 2.05) is 13.0 Å². The minimum Gasteiger partial charge on any atom is -0.448 e. The van der Waals surface area contributed by atoms with Gasteiger partial charge in [0, 0.05) is 19.8 Å². The van der Waals surface area contributed by atoms with Crippen LogP contribution in [0.25, 0.3) is 0 Å². The molecule has 1 aromatic rings. The Labute approximate surface area is 105 Å². The molecule has 0 aliphatic rings. The van der Waals surface area contributed by atoms with Gasteiger partial charge in [-0.1, -0.05) is 0 Å². The van der Waals surface area contributed by atoms with Crippen molar-refractivity contribution in [2.45, 2.75) is 6.92 Å². The van der Waals surface area contributed by atoms with E-state index in [0.29, 0.717) is 24.7 Å². The second-order valence-corrected chi connectivity index (χ2v) is 3.44. The Morgan fingerprint density at radius 3 is 3.11 bits per heavy atom. The Morgan fingerprint density at radius 1 is 1.67 bits per heavy atom. The number of amides is 1. The Morgan fingerprint density at radius 2 is 2.44 bits per heavy atom. The van der Waals surface area contributed by atoms with Gasteiger partial charge in [0.1, 0.15) is 18.4 Å². The van der Waals surface area contributed by atoms with Crippen LogP contribution in [-0.2, 0) is 4.74 Å². The van der Waals surface area contributed by atoms with Crippen LogP contribution >= 0.6 is 0 Å². The van der Waals surface area contributed by atoms with E-state index < -0.39 is 6.09 Å². The van der Waals surface area contributed by atoms with Gasteiger partial charge in [0.25, 0.3) is 0 Å². The Bertz CT molecular complexity index is 443. The third-order valence-electron chi connectivity index (χ3n) is 2.08. The maximum absolute atomic E-state index is 11.0. The lowest BCUT2D eigenvalue weighted by Crippen LogP contribution is -2.29. The van der Waals surface area contributed by atoms with Crippen molar-refractivity contribution >= 4 is 12.0 Å². The van der Waals surface area contributed by atoms with E-state index in [-0.39, 0.29) is 6.61 Å². The SMILES string of the molecule is CCNC(=O)OCCN(C)c1nccc(C#N)n1. The van der Waals surface area contributed by atoms with Crippen molar-refractivity contribution in [3.05, 3.63) is 18.0 Å². The fourth-order valence-electron chi connectivity index (χ4n) is 1.17. The van der Waals surface area contributed by atoms with Gasteiger partial charge in [-0.3, -0.25) is 0 Å². The molecule has 0 spiro atoms. The molecule has 0 aliphatic carbocycles. The van der Waals surface area contributed by atoms with E-state index in [2.05, 4.69) is 15.3 Å². The first-order valence-corrected chi connectivity index (χ1v) is 5.52. The fraction of sp³-hybridized carbons (Fsp3) is 0.455. The molecule has 1 rings (SSSR count). The summed E-state index contributed by atoms with van der Waals surface area (Å²) in [6.45, 7) is 3.02. The van der Waals surface area contributed by atoms with E-state index in [1.54, 1.807) is 11.9 Å². The number of ether oxygens (including phenoxy) is 1. The topological polar surface area (TPSA) is 91.1 Å². The van der Waals surface area contributed by atoms with Crippen LogP contribution < -0.4 is 10.2 Å². The zero-order chi connectivity index (χ0) is 13.4. The molecule has 96 valence electrons. The molecular weight excluding hydrogens is 234 g/mol. The highest BCUT2D eigenvalue weighted by Crippen LogP contribution is 2.04. The van der Waals surface area contributed by atoms with E-state index in [1.165, 1.54) is 12.3 Å². The number of carbonyl (C=O) groups excluding carboxylic acids is 1. The van der Waals surface area contributed by atoms with Crippen LogP contribution in [0.3, 0.4) is 0 Å². The molecule has 0 aromatic carbocycles. The number of likely N-dealkylation sites (N-methyl/N-ethyl adjacent to an activating group) is 1. The molecule has 0 saturated heterocycles. The first kappa shape index (κ1) is 13.7. The van der Waals surface area contributed by atoms with Crippen LogP contribution in [0.2, 0.25) is 0 Å². The van der Waals surface area contributed by atoms with Gasteiger partial charge in [-0.15, -0.1) is 0 Å². The molecule has 0 unspecified atom stereocenters. The van der Waals surface area contributed by atoms with Crippen molar-refractivity contribution in [1.29, 1.82) is 5.26 Å². The largest absolute Gasteiger partial charge is 0.448 e. The summed E-state index contributed by atoms with van der Waals surface area (Å²) in [4.78, 5) is 20.8. The van der Waals surface area contributed by atoms with Gasteiger partial charge in [-0.2, -0.15) is 5.26 Å². The zero-order valence-corrected chi connectivity index (χ0v) is 10.4. The average Bonchev–Trinajstić information content (AvgIpc) is 2.39. The Balaban J connectivity index is 2.43. The number of alkyl carbamates (subject to hydrolysis) is 1. The monoisotopic (exact) mass is 249 g/mol. The summed E-state index contributed by atoms with van der Waals surface area (Å²) in [6, 6.07) is 3.47. The maximum atomic E-state index is 11.0. The molecule has 18 heavy (non-hydrogen) atoms. The first-order valence-electron chi connectivity index (χ1n) is 5.52. The standard InChI is InChI=1S/C11H15N5O2/c1-3-13-11(17)18-7-6-16(2)10-14-5-4-9(8-12)15-10/h4-5H,3,6-7H2,1-2H3,(H,13,17). The van der Waals surface area contributed by atoms with Crippen molar-refractivity contribution in [3.8, 4) is 6.07 Å². The third kappa shape index (κ3) is 4.25. The molecule has 0 radical (unpaired) electrons. The van der Waals surface area contributed by atoms with Crippen LogP contribution in [0.4, 0.5) is 10.7 Å². The van der Waals surface area contributed by atoms with E-state index in [9.17, 15) is 4.79 Å². The molecule has 0 bridgehead atoms. The minimum atomic E-state index is -0.447. The number of anilines is 1. The summed E-state index contributed by atoms with van der Waals surface area (Å²) in [5, 5.41) is 11.2. The highest BCUT2D eigenvalue weighted by molar-refractivity contribution is 5.66. The van der Waals surface area contributed by atoms with Crippen molar-refractivity contribution in [1.82, 2.24) is 15.3 Å². The van der Waals surface area contributed by atoms with E-state index in [4.69, 9.17) is 10.00 Å². The van der Waals surface area contributed by atoms with Gasteiger partial charge in [-0.25, -0.2) is 14.8 Å². The molecule has 7 nitrogen and oxygen atoms in total. The summed E-state index contributed by atoms with van der Waals surface area (Å²) in [6.07, 6.45) is 1.07. The highest BCUT2D eigenvalue weighted by Gasteiger charge is 2.06. The first-order chi connectivity index (χ1) is 8.67. The van der Waals surface area contributed by atoms with Gasteiger partial charge in [0.15, 0.2) is 0 Å². The number of carbonyl (C=O) groups is 1. The molecule has 1 aromatic heterocycles. The molecule has 1 amide bonds. The molecule has 7 heteroatoms.